The molecule has 1 heterocycles. The smallest absolute Gasteiger partial charge is 0.194 e. The second kappa shape index (κ2) is 12.3. The highest BCUT2D eigenvalue weighted by atomic mass is 127. The highest BCUT2D eigenvalue weighted by Gasteiger charge is 2.17. The number of allylic oxidation sites excluding steroid dienone is 1. The zero-order valence-corrected chi connectivity index (χ0v) is 21.3. The normalized spacial score (nSPS) is 16.1. The third kappa shape index (κ3) is 7.91. The predicted octanol–water partition coefficient (Wildman–Crippen LogP) is 4.70. The molecule has 6 heteroatoms. The minimum Gasteiger partial charge on any atom is -0.375 e. The monoisotopic (exact) mass is 558 g/mol. The van der Waals surface area contributed by atoms with Gasteiger partial charge in [-0.3, -0.25) is 14.5 Å². The van der Waals surface area contributed by atoms with Gasteiger partial charge in [0.05, 0.1) is 0 Å². The number of carbonyl (C=O) groups excluding carboxylic acids is 2. The van der Waals surface area contributed by atoms with Crippen LogP contribution in [0.5, 0.6) is 0 Å². The summed E-state index contributed by atoms with van der Waals surface area (Å²) in [6.07, 6.45) is 6.40. The maximum Gasteiger partial charge on any atom is 0.194 e. The van der Waals surface area contributed by atoms with E-state index >= 15 is 0 Å². The summed E-state index contributed by atoms with van der Waals surface area (Å²) in [7, 11) is 0. The van der Waals surface area contributed by atoms with Crippen LogP contribution in [0, 0.1) is 5.92 Å². The molecule has 0 aliphatic carbocycles. The first kappa shape index (κ1) is 25.3. The van der Waals surface area contributed by atoms with Gasteiger partial charge in [-0.15, -0.1) is 0 Å². The van der Waals surface area contributed by atoms with Crippen LogP contribution in [0.4, 0.5) is 5.69 Å². The van der Waals surface area contributed by atoms with Gasteiger partial charge in [0.15, 0.2) is 15.7 Å². The zero-order chi connectivity index (χ0) is 23.8. The van der Waals surface area contributed by atoms with Crippen molar-refractivity contribution in [3.05, 3.63) is 77.4 Å². The average molecular weight is 558 g/mol. The van der Waals surface area contributed by atoms with E-state index in [9.17, 15) is 14.7 Å². The van der Waals surface area contributed by atoms with Gasteiger partial charge >= 0.3 is 0 Å². The molecule has 0 amide bonds. The molecule has 3 rings (SSSR count). The number of piperazine rings is 1. The van der Waals surface area contributed by atoms with E-state index in [4.69, 9.17) is 0 Å². The van der Waals surface area contributed by atoms with Crippen LogP contribution >= 0.6 is 22.6 Å². The number of ketones is 2. The topological polar surface area (TPSA) is 60.9 Å². The fraction of sp³-hybridized carbons (Fsp3) is 0.333. The average Bonchev–Trinajstić information content (AvgIpc) is 2.82. The maximum atomic E-state index is 12.6. The number of carbonyl (C=O) groups is 2. The lowest BCUT2D eigenvalue weighted by Crippen LogP contribution is -2.47. The summed E-state index contributed by atoms with van der Waals surface area (Å²) in [4.78, 5) is 28.9. The molecular formula is C27H31IN2O3. The summed E-state index contributed by atoms with van der Waals surface area (Å²) in [5.41, 5.74) is 3.59. The minimum absolute atomic E-state index is 0.0334. The zero-order valence-electron chi connectivity index (χ0n) is 19.2. The van der Waals surface area contributed by atoms with Crippen LogP contribution < -0.4 is 4.90 Å². The van der Waals surface area contributed by atoms with Crippen molar-refractivity contribution < 1.29 is 14.7 Å². The fourth-order valence-corrected chi connectivity index (χ4v) is 3.99. The Kier molecular flexibility index (Phi) is 9.41. The SMILES string of the molecule is CC(C)CN1CCN(c2ccc(C(=O)/C=C/c3ccc(/C=C/C(=O)C(O)I)cc3)cc2)CC1. The summed E-state index contributed by atoms with van der Waals surface area (Å²) in [5, 5.41) is 9.22. The molecular weight excluding hydrogens is 527 g/mol. The number of alkyl halides is 1. The van der Waals surface area contributed by atoms with Gasteiger partial charge in [-0.2, -0.15) is 0 Å². The van der Waals surface area contributed by atoms with Crippen molar-refractivity contribution in [1.82, 2.24) is 4.90 Å². The number of halogens is 1. The number of aliphatic hydroxyl groups excluding tert-OH is 1. The van der Waals surface area contributed by atoms with Gasteiger partial charge in [0.25, 0.3) is 0 Å². The van der Waals surface area contributed by atoms with Crippen LogP contribution in [0.15, 0.2) is 60.7 Å². The van der Waals surface area contributed by atoms with Gasteiger partial charge in [-0.1, -0.05) is 50.3 Å². The first-order chi connectivity index (χ1) is 15.8. The van der Waals surface area contributed by atoms with Crippen molar-refractivity contribution in [3.63, 3.8) is 0 Å². The van der Waals surface area contributed by atoms with Crippen LogP contribution in [0.25, 0.3) is 12.2 Å². The number of aliphatic hydroxyl groups is 1. The standard InChI is InChI=1S/C27H31IN2O3/c1-20(2)19-29-15-17-30(18-16-29)24-11-9-23(10-12-24)25(31)13-7-21-3-5-22(6-4-21)8-14-26(32)27(28)33/h3-14,20,27,33H,15-19H2,1-2H3/b13-7+,14-8+. The fourth-order valence-electron chi connectivity index (χ4n) is 3.79. The first-order valence-electron chi connectivity index (χ1n) is 11.3. The number of hydrogen-bond acceptors (Lipinski definition) is 5. The maximum absolute atomic E-state index is 12.6. The molecule has 5 nitrogen and oxygen atoms in total. The number of benzene rings is 2. The predicted molar refractivity (Wildman–Crippen MR) is 144 cm³/mol. The molecule has 0 spiro atoms. The second-order valence-electron chi connectivity index (χ2n) is 8.66. The van der Waals surface area contributed by atoms with Crippen molar-refractivity contribution in [3.8, 4) is 0 Å². The summed E-state index contributed by atoms with van der Waals surface area (Å²) >= 11 is 1.66. The lowest BCUT2D eigenvalue weighted by molar-refractivity contribution is -0.117. The minimum atomic E-state index is -1.03. The summed E-state index contributed by atoms with van der Waals surface area (Å²) in [6, 6.07) is 15.4. The van der Waals surface area contributed by atoms with Crippen molar-refractivity contribution >= 4 is 52.0 Å². The molecule has 0 saturated carbocycles. The number of nitrogens with zero attached hydrogens (tertiary/aromatic N) is 2. The molecule has 1 unspecified atom stereocenters. The van der Waals surface area contributed by atoms with Crippen molar-refractivity contribution in [2.24, 2.45) is 5.92 Å². The van der Waals surface area contributed by atoms with Crippen LogP contribution in [0.3, 0.4) is 0 Å². The Morgan fingerprint density at radius 2 is 1.45 bits per heavy atom. The molecule has 1 atom stereocenters. The van der Waals surface area contributed by atoms with E-state index in [1.54, 1.807) is 40.8 Å². The van der Waals surface area contributed by atoms with E-state index in [0.717, 1.165) is 49.5 Å². The number of hydrogen-bond donors (Lipinski definition) is 1. The van der Waals surface area contributed by atoms with Crippen LogP contribution in [0.1, 0.15) is 35.3 Å². The highest BCUT2D eigenvalue weighted by molar-refractivity contribution is 14.1. The Balaban J connectivity index is 1.54. The first-order valence-corrected chi connectivity index (χ1v) is 12.5. The number of anilines is 1. The molecule has 1 saturated heterocycles. The van der Waals surface area contributed by atoms with E-state index < -0.39 is 4.11 Å². The summed E-state index contributed by atoms with van der Waals surface area (Å²) in [6.45, 7) is 9.84. The Morgan fingerprint density at radius 3 is 1.97 bits per heavy atom. The summed E-state index contributed by atoms with van der Waals surface area (Å²) < 4.78 is -1.03. The van der Waals surface area contributed by atoms with Crippen molar-refractivity contribution in [2.45, 2.75) is 18.0 Å². The van der Waals surface area contributed by atoms with Gasteiger partial charge in [0.2, 0.25) is 0 Å². The Hall–Kier alpha value is -2.29. The van der Waals surface area contributed by atoms with E-state index in [2.05, 4.69) is 23.6 Å². The third-order valence-electron chi connectivity index (χ3n) is 5.55. The van der Waals surface area contributed by atoms with Gasteiger partial charge in [-0.25, -0.2) is 0 Å². The largest absolute Gasteiger partial charge is 0.375 e. The third-order valence-corrected chi connectivity index (χ3v) is 6.16. The molecule has 2 aromatic carbocycles. The molecule has 174 valence electrons. The second-order valence-corrected chi connectivity index (χ2v) is 9.84. The molecule has 0 radical (unpaired) electrons. The van der Waals surface area contributed by atoms with Crippen LogP contribution in [0.2, 0.25) is 0 Å². The van der Waals surface area contributed by atoms with Gasteiger partial charge in [0, 0.05) is 44.0 Å². The van der Waals surface area contributed by atoms with E-state index in [1.165, 1.54) is 6.08 Å². The Labute approximate surface area is 209 Å². The van der Waals surface area contributed by atoms with E-state index in [0.29, 0.717) is 11.5 Å². The Bertz CT molecular complexity index is 987. The van der Waals surface area contributed by atoms with Crippen LogP contribution in [-0.2, 0) is 4.79 Å². The van der Waals surface area contributed by atoms with Crippen molar-refractivity contribution in [1.29, 1.82) is 0 Å². The van der Waals surface area contributed by atoms with Gasteiger partial charge < -0.3 is 10.0 Å². The molecule has 2 aromatic rings. The molecule has 1 aliphatic heterocycles. The molecule has 1 fully saturated rings. The van der Waals surface area contributed by atoms with Gasteiger partial charge in [0.1, 0.15) is 0 Å². The Morgan fingerprint density at radius 1 is 0.909 bits per heavy atom. The van der Waals surface area contributed by atoms with E-state index in [1.807, 2.05) is 48.5 Å². The molecule has 33 heavy (non-hydrogen) atoms. The van der Waals surface area contributed by atoms with Crippen LogP contribution in [-0.4, -0.2) is 58.4 Å². The molecule has 1 aliphatic rings. The number of rotatable bonds is 9. The molecule has 0 aromatic heterocycles. The van der Waals surface area contributed by atoms with E-state index in [-0.39, 0.29) is 11.6 Å². The highest BCUT2D eigenvalue weighted by Crippen LogP contribution is 2.19. The van der Waals surface area contributed by atoms with Crippen molar-refractivity contribution in [2.75, 3.05) is 37.6 Å². The lowest BCUT2D eigenvalue weighted by Gasteiger charge is -2.36. The lowest BCUT2D eigenvalue weighted by atomic mass is 10.1. The quantitative estimate of drug-likeness (QED) is 0.209. The molecule has 0 bridgehead atoms. The molecule has 1 N–H and O–H groups in total. The summed E-state index contributed by atoms with van der Waals surface area (Å²) in [5.74, 6) is 0.314. The van der Waals surface area contributed by atoms with Gasteiger partial charge in [-0.05, 0) is 76.1 Å².